The summed E-state index contributed by atoms with van der Waals surface area (Å²) in [5.41, 5.74) is 10.5. The first-order chi connectivity index (χ1) is 9.17. The van der Waals surface area contributed by atoms with Gasteiger partial charge in [0.1, 0.15) is 5.82 Å². The number of aromatic nitrogens is 2. The standard InChI is InChI=1S/C15H14ClN3/c1-2-9-3-6-13-14(7-9)19-15(18-13)11-5-4-10(17)8-12(11)16/h3-8H,2,17H2,1H3,(H,18,19). The van der Waals surface area contributed by atoms with Gasteiger partial charge in [0.2, 0.25) is 0 Å². The average molecular weight is 272 g/mol. The van der Waals surface area contributed by atoms with E-state index >= 15 is 0 Å². The quantitative estimate of drug-likeness (QED) is 0.692. The number of nitrogens with two attached hydrogens (primary N) is 1. The number of nitrogen functional groups attached to an aromatic ring is 1. The Labute approximate surface area is 116 Å². The molecule has 0 aliphatic heterocycles. The molecule has 0 bridgehead atoms. The van der Waals surface area contributed by atoms with Crippen molar-refractivity contribution >= 4 is 28.3 Å². The van der Waals surface area contributed by atoms with Crippen LogP contribution in [0.3, 0.4) is 0 Å². The molecule has 2 aromatic carbocycles. The number of rotatable bonds is 2. The van der Waals surface area contributed by atoms with Crippen LogP contribution >= 0.6 is 11.6 Å². The van der Waals surface area contributed by atoms with Crippen molar-refractivity contribution in [2.24, 2.45) is 0 Å². The van der Waals surface area contributed by atoms with Crippen LogP contribution in [0.15, 0.2) is 36.4 Å². The third kappa shape index (κ3) is 2.17. The van der Waals surface area contributed by atoms with Gasteiger partial charge in [0.05, 0.1) is 16.1 Å². The molecule has 0 spiro atoms. The molecule has 0 aliphatic rings. The molecule has 0 atom stereocenters. The lowest BCUT2D eigenvalue weighted by molar-refractivity contribution is 1.14. The van der Waals surface area contributed by atoms with Gasteiger partial charge in [0.15, 0.2) is 0 Å². The molecule has 1 aromatic heterocycles. The van der Waals surface area contributed by atoms with Crippen LogP contribution in [0.25, 0.3) is 22.4 Å². The summed E-state index contributed by atoms with van der Waals surface area (Å²) in [5.74, 6) is 0.772. The highest BCUT2D eigenvalue weighted by Crippen LogP contribution is 2.29. The zero-order valence-corrected chi connectivity index (χ0v) is 11.3. The Morgan fingerprint density at radius 1 is 1.21 bits per heavy atom. The first kappa shape index (κ1) is 12.1. The largest absolute Gasteiger partial charge is 0.399 e. The second kappa shape index (κ2) is 4.59. The Kier molecular flexibility index (Phi) is 2.91. The van der Waals surface area contributed by atoms with E-state index in [-0.39, 0.29) is 0 Å². The van der Waals surface area contributed by atoms with Crippen molar-refractivity contribution in [3.63, 3.8) is 0 Å². The van der Waals surface area contributed by atoms with Crippen LogP contribution in [0.5, 0.6) is 0 Å². The molecule has 0 amide bonds. The second-order valence-corrected chi connectivity index (χ2v) is 4.94. The zero-order chi connectivity index (χ0) is 13.4. The van der Waals surface area contributed by atoms with Gasteiger partial charge in [-0.25, -0.2) is 4.98 Å². The number of fused-ring (bicyclic) bond motifs is 1. The average Bonchev–Trinajstić information content (AvgIpc) is 2.80. The summed E-state index contributed by atoms with van der Waals surface area (Å²) in [6.07, 6.45) is 1.01. The summed E-state index contributed by atoms with van der Waals surface area (Å²) in [4.78, 5) is 7.88. The fourth-order valence-electron chi connectivity index (χ4n) is 2.13. The molecule has 96 valence electrons. The summed E-state index contributed by atoms with van der Waals surface area (Å²) in [6, 6.07) is 11.7. The van der Waals surface area contributed by atoms with Gasteiger partial charge in [-0.2, -0.15) is 0 Å². The van der Waals surface area contributed by atoms with Crippen LogP contribution in [0.4, 0.5) is 5.69 Å². The zero-order valence-electron chi connectivity index (χ0n) is 10.6. The van der Waals surface area contributed by atoms with E-state index in [1.807, 2.05) is 18.2 Å². The number of nitrogens with zero attached hydrogens (tertiary/aromatic N) is 1. The molecule has 0 fully saturated rings. The van der Waals surface area contributed by atoms with Crippen molar-refractivity contribution in [3.8, 4) is 11.4 Å². The molecule has 0 radical (unpaired) electrons. The van der Waals surface area contributed by atoms with Crippen LogP contribution in [-0.2, 0) is 6.42 Å². The van der Waals surface area contributed by atoms with Crippen LogP contribution in [0.1, 0.15) is 12.5 Å². The van der Waals surface area contributed by atoms with E-state index in [0.717, 1.165) is 28.8 Å². The SMILES string of the molecule is CCc1ccc2nc(-c3ccc(N)cc3Cl)[nH]c2c1. The van der Waals surface area contributed by atoms with Crippen molar-refractivity contribution in [1.29, 1.82) is 0 Å². The first-order valence-electron chi connectivity index (χ1n) is 6.21. The molecular formula is C15H14ClN3. The molecule has 3 nitrogen and oxygen atoms in total. The van der Waals surface area contributed by atoms with Gasteiger partial charge in [-0.15, -0.1) is 0 Å². The Hall–Kier alpha value is -2.00. The van der Waals surface area contributed by atoms with E-state index in [1.165, 1.54) is 5.56 Å². The highest BCUT2D eigenvalue weighted by atomic mass is 35.5. The fourth-order valence-corrected chi connectivity index (χ4v) is 2.41. The molecule has 19 heavy (non-hydrogen) atoms. The predicted octanol–water partition coefficient (Wildman–Crippen LogP) is 4.03. The van der Waals surface area contributed by atoms with Gasteiger partial charge in [0.25, 0.3) is 0 Å². The van der Waals surface area contributed by atoms with Gasteiger partial charge in [-0.1, -0.05) is 24.6 Å². The Morgan fingerprint density at radius 3 is 2.79 bits per heavy atom. The second-order valence-electron chi connectivity index (χ2n) is 4.53. The summed E-state index contributed by atoms with van der Waals surface area (Å²) >= 11 is 6.21. The molecule has 0 saturated carbocycles. The third-order valence-electron chi connectivity index (χ3n) is 3.20. The fraction of sp³-hybridized carbons (Fsp3) is 0.133. The topological polar surface area (TPSA) is 54.7 Å². The molecule has 0 aliphatic carbocycles. The van der Waals surface area contributed by atoms with Gasteiger partial charge in [0, 0.05) is 11.3 Å². The molecule has 3 N–H and O–H groups in total. The maximum absolute atomic E-state index is 6.21. The Morgan fingerprint density at radius 2 is 2.05 bits per heavy atom. The van der Waals surface area contributed by atoms with E-state index in [9.17, 15) is 0 Å². The lowest BCUT2D eigenvalue weighted by atomic mass is 10.1. The highest BCUT2D eigenvalue weighted by molar-refractivity contribution is 6.33. The van der Waals surface area contributed by atoms with Crippen LogP contribution < -0.4 is 5.73 Å². The van der Waals surface area contributed by atoms with Crippen LogP contribution in [0, 0.1) is 0 Å². The number of H-pyrrole nitrogens is 1. The number of aromatic amines is 1. The van der Waals surface area contributed by atoms with Gasteiger partial charge in [-0.3, -0.25) is 0 Å². The first-order valence-corrected chi connectivity index (χ1v) is 6.59. The number of halogens is 1. The number of nitrogens with one attached hydrogen (secondary N) is 1. The Bertz CT molecular complexity index is 746. The summed E-state index contributed by atoms with van der Waals surface area (Å²) in [6.45, 7) is 2.13. The van der Waals surface area contributed by atoms with Crippen molar-refractivity contribution in [2.75, 3.05) is 5.73 Å². The van der Waals surface area contributed by atoms with E-state index < -0.39 is 0 Å². The van der Waals surface area contributed by atoms with E-state index in [0.29, 0.717) is 10.7 Å². The lowest BCUT2D eigenvalue weighted by Crippen LogP contribution is -1.87. The Balaban J connectivity index is 2.14. The summed E-state index contributed by atoms with van der Waals surface area (Å²) < 4.78 is 0. The van der Waals surface area contributed by atoms with Crippen molar-refractivity contribution in [1.82, 2.24) is 9.97 Å². The molecule has 1 heterocycles. The van der Waals surface area contributed by atoms with Crippen LogP contribution in [-0.4, -0.2) is 9.97 Å². The van der Waals surface area contributed by atoms with Gasteiger partial charge < -0.3 is 10.7 Å². The van der Waals surface area contributed by atoms with Crippen molar-refractivity contribution in [3.05, 3.63) is 47.0 Å². The number of hydrogen-bond acceptors (Lipinski definition) is 2. The number of anilines is 1. The summed E-state index contributed by atoms with van der Waals surface area (Å²) in [5, 5.41) is 0.606. The number of imidazole rings is 1. The summed E-state index contributed by atoms with van der Waals surface area (Å²) in [7, 11) is 0. The third-order valence-corrected chi connectivity index (χ3v) is 3.52. The van der Waals surface area contributed by atoms with E-state index in [4.69, 9.17) is 17.3 Å². The van der Waals surface area contributed by atoms with E-state index in [2.05, 4.69) is 29.0 Å². The molecule has 3 rings (SSSR count). The smallest absolute Gasteiger partial charge is 0.140 e. The highest BCUT2D eigenvalue weighted by Gasteiger charge is 2.09. The minimum Gasteiger partial charge on any atom is -0.399 e. The van der Waals surface area contributed by atoms with Gasteiger partial charge >= 0.3 is 0 Å². The predicted molar refractivity (Wildman–Crippen MR) is 80.3 cm³/mol. The van der Waals surface area contributed by atoms with Gasteiger partial charge in [-0.05, 0) is 42.3 Å². The molecule has 4 heteroatoms. The monoisotopic (exact) mass is 271 g/mol. The molecule has 3 aromatic rings. The molecule has 0 saturated heterocycles. The minimum atomic E-state index is 0.606. The van der Waals surface area contributed by atoms with Crippen molar-refractivity contribution < 1.29 is 0 Å². The number of aryl methyl sites for hydroxylation is 1. The number of benzene rings is 2. The molecule has 0 unspecified atom stereocenters. The van der Waals surface area contributed by atoms with E-state index in [1.54, 1.807) is 6.07 Å². The normalized spacial score (nSPS) is 11.1. The maximum atomic E-state index is 6.21. The lowest BCUT2D eigenvalue weighted by Gasteiger charge is -2.01. The minimum absolute atomic E-state index is 0.606. The molecular weight excluding hydrogens is 258 g/mol. The van der Waals surface area contributed by atoms with Crippen molar-refractivity contribution in [2.45, 2.75) is 13.3 Å². The van der Waals surface area contributed by atoms with Crippen LogP contribution in [0.2, 0.25) is 5.02 Å². The maximum Gasteiger partial charge on any atom is 0.140 e. The number of hydrogen-bond donors (Lipinski definition) is 2.